The minimum absolute atomic E-state index is 0.253. The summed E-state index contributed by atoms with van der Waals surface area (Å²) in [6.07, 6.45) is 3.30. The number of aryl methyl sites for hydroxylation is 1. The number of rotatable bonds is 6. The van der Waals surface area contributed by atoms with E-state index in [1.807, 2.05) is 30.3 Å². The standard InChI is InChI=1S/C19H21ClN2O2/c1-2-3-5-14-8-10-17(11-9-14)22-19(24)18(23)21-13-15-6-4-7-16(20)12-15/h4,6-12H,2-3,5,13H2,1H3,(H,21,23)(H,22,24). The van der Waals surface area contributed by atoms with Gasteiger partial charge in [-0.3, -0.25) is 9.59 Å². The van der Waals surface area contributed by atoms with Crippen molar-refractivity contribution in [1.82, 2.24) is 5.32 Å². The molecule has 2 aromatic carbocycles. The minimum atomic E-state index is -0.682. The molecule has 2 aromatic rings. The van der Waals surface area contributed by atoms with Crippen LogP contribution in [0, 0.1) is 0 Å². The van der Waals surface area contributed by atoms with Crippen LogP contribution in [0.15, 0.2) is 48.5 Å². The molecule has 0 atom stereocenters. The van der Waals surface area contributed by atoms with Crippen LogP contribution in [0.3, 0.4) is 0 Å². The Balaban J connectivity index is 1.83. The molecule has 0 unspecified atom stereocenters. The number of hydrogen-bond acceptors (Lipinski definition) is 2. The minimum Gasteiger partial charge on any atom is -0.344 e. The van der Waals surface area contributed by atoms with Crippen molar-refractivity contribution in [1.29, 1.82) is 0 Å². The summed E-state index contributed by atoms with van der Waals surface area (Å²) in [6, 6.07) is 14.7. The molecular formula is C19H21ClN2O2. The normalized spacial score (nSPS) is 10.2. The van der Waals surface area contributed by atoms with Crippen molar-refractivity contribution in [2.75, 3.05) is 5.32 Å². The van der Waals surface area contributed by atoms with Crippen molar-refractivity contribution < 1.29 is 9.59 Å². The van der Waals surface area contributed by atoms with Crippen LogP contribution in [0.1, 0.15) is 30.9 Å². The van der Waals surface area contributed by atoms with Crippen LogP contribution in [0.5, 0.6) is 0 Å². The van der Waals surface area contributed by atoms with Gasteiger partial charge >= 0.3 is 11.8 Å². The van der Waals surface area contributed by atoms with E-state index in [0.29, 0.717) is 10.7 Å². The van der Waals surface area contributed by atoms with E-state index >= 15 is 0 Å². The maximum absolute atomic E-state index is 11.9. The number of hydrogen-bond donors (Lipinski definition) is 2. The van der Waals surface area contributed by atoms with Crippen LogP contribution >= 0.6 is 11.6 Å². The lowest BCUT2D eigenvalue weighted by atomic mass is 10.1. The number of benzene rings is 2. The van der Waals surface area contributed by atoms with E-state index in [1.165, 1.54) is 5.56 Å². The van der Waals surface area contributed by atoms with E-state index < -0.39 is 11.8 Å². The predicted octanol–water partition coefficient (Wildman–Crippen LogP) is 3.94. The molecule has 5 heteroatoms. The average molecular weight is 345 g/mol. The van der Waals surface area contributed by atoms with Gasteiger partial charge in [0.05, 0.1) is 0 Å². The Hall–Kier alpha value is -2.33. The molecule has 0 aliphatic rings. The maximum atomic E-state index is 11.9. The van der Waals surface area contributed by atoms with Gasteiger partial charge in [0.1, 0.15) is 0 Å². The Labute approximate surface area is 147 Å². The van der Waals surface area contributed by atoms with Crippen LogP contribution in [0.25, 0.3) is 0 Å². The van der Waals surface area contributed by atoms with E-state index in [4.69, 9.17) is 11.6 Å². The summed E-state index contributed by atoms with van der Waals surface area (Å²) in [5.41, 5.74) is 2.67. The fourth-order valence-corrected chi connectivity index (χ4v) is 2.45. The van der Waals surface area contributed by atoms with Crippen molar-refractivity contribution >= 4 is 29.1 Å². The number of unbranched alkanes of at least 4 members (excludes halogenated alkanes) is 1. The molecule has 0 radical (unpaired) electrons. The van der Waals surface area contributed by atoms with Crippen LogP contribution in [-0.4, -0.2) is 11.8 Å². The molecule has 0 aliphatic heterocycles. The van der Waals surface area contributed by atoms with Gasteiger partial charge in [0.2, 0.25) is 0 Å². The molecule has 0 spiro atoms. The molecule has 0 aliphatic carbocycles. The smallest absolute Gasteiger partial charge is 0.313 e. The molecule has 126 valence electrons. The van der Waals surface area contributed by atoms with E-state index in [1.54, 1.807) is 18.2 Å². The summed E-state index contributed by atoms with van der Waals surface area (Å²) >= 11 is 5.88. The quantitative estimate of drug-likeness (QED) is 0.780. The third kappa shape index (κ3) is 5.70. The van der Waals surface area contributed by atoms with Gasteiger partial charge in [0.15, 0.2) is 0 Å². The first-order valence-corrected chi connectivity index (χ1v) is 8.39. The van der Waals surface area contributed by atoms with Gasteiger partial charge in [-0.05, 0) is 48.2 Å². The molecule has 2 amide bonds. The maximum Gasteiger partial charge on any atom is 0.313 e. The molecular weight excluding hydrogens is 324 g/mol. The van der Waals surface area contributed by atoms with Gasteiger partial charge in [0, 0.05) is 17.3 Å². The largest absolute Gasteiger partial charge is 0.344 e. The van der Waals surface area contributed by atoms with Crippen LogP contribution in [0.2, 0.25) is 5.02 Å². The van der Waals surface area contributed by atoms with Crippen LogP contribution in [-0.2, 0) is 22.6 Å². The number of carbonyl (C=O) groups excluding carboxylic acids is 2. The summed E-state index contributed by atoms with van der Waals surface area (Å²) in [6.45, 7) is 2.40. The highest BCUT2D eigenvalue weighted by Crippen LogP contribution is 2.12. The first kappa shape index (κ1) is 18.0. The Morgan fingerprint density at radius 2 is 1.75 bits per heavy atom. The number of amides is 2. The lowest BCUT2D eigenvalue weighted by Gasteiger charge is -2.08. The number of nitrogens with one attached hydrogen (secondary N) is 2. The Bertz CT molecular complexity index is 699. The van der Waals surface area contributed by atoms with Gasteiger partial charge in [-0.15, -0.1) is 0 Å². The third-order valence-electron chi connectivity index (χ3n) is 3.58. The molecule has 0 saturated heterocycles. The Kier molecular flexibility index (Phi) is 6.82. The highest BCUT2D eigenvalue weighted by molar-refractivity contribution is 6.39. The van der Waals surface area contributed by atoms with Crippen molar-refractivity contribution in [2.45, 2.75) is 32.7 Å². The lowest BCUT2D eigenvalue weighted by molar-refractivity contribution is -0.136. The molecule has 2 N–H and O–H groups in total. The highest BCUT2D eigenvalue weighted by Gasteiger charge is 2.13. The number of carbonyl (C=O) groups is 2. The molecule has 24 heavy (non-hydrogen) atoms. The number of halogens is 1. The van der Waals surface area contributed by atoms with Crippen molar-refractivity contribution in [3.63, 3.8) is 0 Å². The lowest BCUT2D eigenvalue weighted by Crippen LogP contribution is -2.34. The molecule has 0 fully saturated rings. The van der Waals surface area contributed by atoms with Crippen LogP contribution < -0.4 is 10.6 Å². The monoisotopic (exact) mass is 344 g/mol. The van der Waals surface area contributed by atoms with Crippen molar-refractivity contribution in [2.24, 2.45) is 0 Å². The Morgan fingerprint density at radius 3 is 2.42 bits per heavy atom. The second kappa shape index (κ2) is 9.08. The first-order chi connectivity index (χ1) is 11.6. The SMILES string of the molecule is CCCCc1ccc(NC(=O)C(=O)NCc2cccc(Cl)c2)cc1. The molecule has 0 saturated carbocycles. The summed E-state index contributed by atoms with van der Waals surface area (Å²) in [7, 11) is 0. The van der Waals surface area contributed by atoms with Crippen molar-refractivity contribution in [3.05, 3.63) is 64.7 Å². The van der Waals surface area contributed by atoms with E-state index in [-0.39, 0.29) is 6.54 Å². The fourth-order valence-electron chi connectivity index (χ4n) is 2.23. The fraction of sp³-hybridized carbons (Fsp3) is 0.263. The zero-order valence-electron chi connectivity index (χ0n) is 13.6. The predicted molar refractivity (Wildman–Crippen MR) is 97.0 cm³/mol. The van der Waals surface area contributed by atoms with Gasteiger partial charge in [-0.25, -0.2) is 0 Å². The third-order valence-corrected chi connectivity index (χ3v) is 3.81. The summed E-state index contributed by atoms with van der Waals surface area (Å²) < 4.78 is 0. The van der Waals surface area contributed by atoms with E-state index in [9.17, 15) is 9.59 Å². The zero-order valence-corrected chi connectivity index (χ0v) is 14.4. The molecule has 0 aromatic heterocycles. The number of anilines is 1. The van der Waals surface area contributed by atoms with Crippen LogP contribution in [0.4, 0.5) is 5.69 Å². The van der Waals surface area contributed by atoms with Gasteiger partial charge in [0.25, 0.3) is 0 Å². The molecule has 0 bridgehead atoms. The van der Waals surface area contributed by atoms with E-state index in [2.05, 4.69) is 17.6 Å². The van der Waals surface area contributed by atoms with E-state index in [0.717, 1.165) is 24.8 Å². The van der Waals surface area contributed by atoms with Crippen molar-refractivity contribution in [3.8, 4) is 0 Å². The van der Waals surface area contributed by atoms with Gasteiger partial charge in [-0.2, -0.15) is 0 Å². The Morgan fingerprint density at radius 1 is 1.00 bits per heavy atom. The van der Waals surface area contributed by atoms with Gasteiger partial charge < -0.3 is 10.6 Å². The molecule has 2 rings (SSSR count). The summed E-state index contributed by atoms with van der Waals surface area (Å²) in [5.74, 6) is -1.36. The zero-order chi connectivity index (χ0) is 17.4. The highest BCUT2D eigenvalue weighted by atomic mass is 35.5. The summed E-state index contributed by atoms with van der Waals surface area (Å²) in [5, 5.41) is 5.76. The summed E-state index contributed by atoms with van der Waals surface area (Å²) in [4.78, 5) is 23.8. The first-order valence-electron chi connectivity index (χ1n) is 8.01. The molecule has 0 heterocycles. The second-order valence-electron chi connectivity index (χ2n) is 5.57. The molecule has 4 nitrogen and oxygen atoms in total. The average Bonchev–Trinajstić information content (AvgIpc) is 2.59. The second-order valence-corrected chi connectivity index (χ2v) is 6.00. The van der Waals surface area contributed by atoms with Gasteiger partial charge in [-0.1, -0.05) is 49.2 Å². The topological polar surface area (TPSA) is 58.2 Å².